The third-order valence-corrected chi connectivity index (χ3v) is 14.4. The second-order valence-electron chi connectivity index (χ2n) is 19.1. The summed E-state index contributed by atoms with van der Waals surface area (Å²) in [7, 11) is 1.45. The molecule has 4 aliphatic carbocycles. The van der Waals surface area contributed by atoms with Crippen molar-refractivity contribution in [1.82, 2.24) is 4.90 Å². The van der Waals surface area contributed by atoms with Crippen LogP contribution in [-0.2, 0) is 5.41 Å². The summed E-state index contributed by atoms with van der Waals surface area (Å²) in [6.45, 7) is 2.08. The van der Waals surface area contributed by atoms with E-state index >= 15 is 0 Å². The SMILES string of the molecule is Cc1ccc(Oc2ccc(Oc3ccc(N4C(=O)c5ccc(Oc6ccc(Oc7ccc(Oc8ccc9c(c8)C(=O)N(C)C9=O)cc7)cc6)cc5C4=O)cc3)cc2C23CC4CC(CC(C4)C2)C3)cc1. The van der Waals surface area contributed by atoms with E-state index in [1.807, 2.05) is 24.3 Å². The molecular formula is C58H46N2O9. The van der Waals surface area contributed by atoms with Gasteiger partial charge in [-0.05, 0) is 208 Å². The van der Waals surface area contributed by atoms with Gasteiger partial charge < -0.3 is 23.7 Å². The van der Waals surface area contributed by atoms with Crippen molar-refractivity contribution in [2.45, 2.75) is 50.9 Å². The molecule has 0 saturated heterocycles. The maximum atomic E-state index is 13.8. The lowest BCUT2D eigenvalue weighted by Gasteiger charge is -2.57. The van der Waals surface area contributed by atoms with E-state index in [-0.39, 0.29) is 22.8 Å². The minimum Gasteiger partial charge on any atom is -0.457 e. The summed E-state index contributed by atoms with van der Waals surface area (Å²) in [5.41, 5.74) is 4.14. The standard InChI is InChI=1S/C58H46N2O9/c1-34-3-7-44(8-4-34)69-53-24-21-47(30-52(53)58-31-35-25-36(32-58)27-37(26-35)33-58)68-39-9-5-38(6-10-39)60-56(63)49-23-20-46(29-51(49)57(60)64)67-43-17-13-41(14-18-43)65-40-11-15-42(16-12-40)66-45-19-22-48-50(28-45)55(62)59(2)54(48)61/h3-24,28-30,35-37H,25-27,31-33H2,1-2H3. The van der Waals surface area contributed by atoms with Gasteiger partial charge in [-0.2, -0.15) is 0 Å². The van der Waals surface area contributed by atoms with Gasteiger partial charge in [-0.25, -0.2) is 4.90 Å². The van der Waals surface area contributed by atoms with E-state index < -0.39 is 11.8 Å². The number of carbonyl (C=O) groups is 4. The van der Waals surface area contributed by atoms with Gasteiger partial charge in [-0.15, -0.1) is 0 Å². The van der Waals surface area contributed by atoms with Crippen LogP contribution in [0, 0.1) is 24.7 Å². The monoisotopic (exact) mass is 914 g/mol. The van der Waals surface area contributed by atoms with Gasteiger partial charge in [-0.3, -0.25) is 24.1 Å². The molecule has 0 aromatic heterocycles. The van der Waals surface area contributed by atoms with Crippen LogP contribution in [-0.4, -0.2) is 35.6 Å². The molecule has 11 nitrogen and oxygen atoms in total. The third kappa shape index (κ3) is 7.83. The number of carbonyl (C=O) groups excluding carboxylic acids is 4. The van der Waals surface area contributed by atoms with Crippen molar-refractivity contribution in [3.8, 4) is 57.5 Å². The van der Waals surface area contributed by atoms with Crippen molar-refractivity contribution in [2.24, 2.45) is 17.8 Å². The zero-order valence-corrected chi connectivity index (χ0v) is 38.0. The summed E-state index contributed by atoms with van der Waals surface area (Å²) in [6, 6.07) is 45.1. The normalized spacial score (nSPS) is 20.8. The molecule has 11 heteroatoms. The number of imide groups is 2. The lowest BCUT2D eigenvalue weighted by Crippen LogP contribution is -2.48. The first-order valence-electron chi connectivity index (χ1n) is 23.4. The molecule has 0 radical (unpaired) electrons. The van der Waals surface area contributed by atoms with Gasteiger partial charge in [-0.1, -0.05) is 17.7 Å². The van der Waals surface area contributed by atoms with Crippen molar-refractivity contribution in [1.29, 1.82) is 0 Å². The number of benzene rings is 7. The lowest BCUT2D eigenvalue weighted by molar-refractivity contribution is -0.00606. The third-order valence-electron chi connectivity index (χ3n) is 14.4. The largest absolute Gasteiger partial charge is 0.457 e. The predicted octanol–water partition coefficient (Wildman–Crippen LogP) is 13.5. The molecule has 4 amide bonds. The second kappa shape index (κ2) is 16.6. The molecule has 6 aliphatic rings. The number of fused-ring (bicyclic) bond motifs is 2. The molecular weight excluding hydrogens is 869 g/mol. The van der Waals surface area contributed by atoms with Gasteiger partial charge >= 0.3 is 0 Å². The number of hydrogen-bond acceptors (Lipinski definition) is 9. The summed E-state index contributed by atoms with van der Waals surface area (Å²) in [4.78, 5) is 54.4. The van der Waals surface area contributed by atoms with Crippen LogP contribution in [0.2, 0.25) is 0 Å². The zero-order chi connectivity index (χ0) is 47.0. The molecule has 4 saturated carbocycles. The van der Waals surface area contributed by atoms with Crippen LogP contribution < -0.4 is 28.6 Å². The van der Waals surface area contributed by atoms with Crippen LogP contribution in [0.3, 0.4) is 0 Å². The molecule has 69 heavy (non-hydrogen) atoms. The van der Waals surface area contributed by atoms with E-state index in [0.29, 0.717) is 62.6 Å². The van der Waals surface area contributed by atoms with Crippen LogP contribution in [0.4, 0.5) is 5.69 Å². The van der Waals surface area contributed by atoms with Crippen molar-refractivity contribution >= 4 is 29.3 Å². The molecule has 7 aromatic rings. The molecule has 13 rings (SSSR count). The molecule has 4 fully saturated rings. The summed E-state index contributed by atoms with van der Waals surface area (Å²) in [5.74, 6) is 6.78. The Morgan fingerprint density at radius 1 is 0.406 bits per heavy atom. The average molecular weight is 915 g/mol. The van der Waals surface area contributed by atoms with Crippen molar-refractivity contribution in [2.75, 3.05) is 11.9 Å². The van der Waals surface area contributed by atoms with E-state index in [1.165, 1.54) is 61.6 Å². The first-order valence-corrected chi connectivity index (χ1v) is 23.4. The topological polar surface area (TPSA) is 121 Å². The summed E-state index contributed by atoms with van der Waals surface area (Å²) < 4.78 is 31.2. The van der Waals surface area contributed by atoms with Crippen LogP contribution in [0.1, 0.15) is 91.1 Å². The quantitative estimate of drug-likeness (QED) is 0.110. The van der Waals surface area contributed by atoms with Gasteiger partial charge in [0.1, 0.15) is 57.5 Å². The first-order chi connectivity index (χ1) is 33.5. The van der Waals surface area contributed by atoms with Gasteiger partial charge in [0.2, 0.25) is 0 Å². The van der Waals surface area contributed by atoms with Crippen LogP contribution in [0.15, 0.2) is 152 Å². The van der Waals surface area contributed by atoms with E-state index in [0.717, 1.165) is 39.9 Å². The highest BCUT2D eigenvalue weighted by molar-refractivity contribution is 6.34. The Bertz CT molecular complexity index is 3180. The Morgan fingerprint density at radius 2 is 0.768 bits per heavy atom. The second-order valence-corrected chi connectivity index (χ2v) is 19.1. The number of amides is 4. The Hall–Kier alpha value is -8.18. The highest BCUT2D eigenvalue weighted by Crippen LogP contribution is 2.62. The minimum absolute atomic E-state index is 0.0711. The Morgan fingerprint density at radius 3 is 1.29 bits per heavy atom. The van der Waals surface area contributed by atoms with E-state index in [4.69, 9.17) is 23.7 Å². The van der Waals surface area contributed by atoms with Crippen molar-refractivity contribution in [3.05, 3.63) is 185 Å². The zero-order valence-electron chi connectivity index (χ0n) is 38.0. The van der Waals surface area contributed by atoms with Crippen molar-refractivity contribution in [3.63, 3.8) is 0 Å². The molecule has 4 bridgehead atoms. The Labute approximate surface area is 398 Å². The fraction of sp³-hybridized carbons (Fsp3) is 0.207. The molecule has 342 valence electrons. The molecule has 7 aromatic carbocycles. The molecule has 0 spiro atoms. The van der Waals surface area contributed by atoms with E-state index in [9.17, 15) is 19.2 Å². The van der Waals surface area contributed by atoms with Gasteiger partial charge in [0.05, 0.1) is 27.9 Å². The molecule has 0 unspecified atom stereocenters. The Balaban J connectivity index is 0.692. The number of aryl methyl sites for hydroxylation is 1. The average Bonchev–Trinajstić information content (AvgIpc) is 3.72. The van der Waals surface area contributed by atoms with Crippen LogP contribution >= 0.6 is 0 Å². The summed E-state index contributed by atoms with van der Waals surface area (Å²) >= 11 is 0. The Kier molecular flexibility index (Phi) is 10.1. The van der Waals surface area contributed by atoms with Crippen molar-refractivity contribution < 1.29 is 42.9 Å². The van der Waals surface area contributed by atoms with Gasteiger partial charge in [0.15, 0.2) is 0 Å². The number of ether oxygens (including phenoxy) is 5. The number of rotatable bonds is 12. The minimum atomic E-state index is -0.439. The number of hydrogen-bond donors (Lipinski definition) is 0. The number of nitrogens with zero attached hydrogens (tertiary/aromatic N) is 2. The fourth-order valence-electron chi connectivity index (χ4n) is 11.5. The highest BCUT2D eigenvalue weighted by Gasteiger charge is 2.52. The highest BCUT2D eigenvalue weighted by atomic mass is 16.5. The molecule has 2 heterocycles. The fourth-order valence-corrected chi connectivity index (χ4v) is 11.5. The van der Waals surface area contributed by atoms with E-state index in [1.54, 1.807) is 109 Å². The maximum absolute atomic E-state index is 13.8. The van der Waals surface area contributed by atoms with Gasteiger partial charge in [0.25, 0.3) is 23.6 Å². The number of anilines is 1. The smallest absolute Gasteiger partial charge is 0.266 e. The first kappa shape index (κ1) is 42.2. The maximum Gasteiger partial charge on any atom is 0.266 e. The summed E-state index contributed by atoms with van der Waals surface area (Å²) in [5, 5.41) is 0. The molecule has 2 aliphatic heterocycles. The summed E-state index contributed by atoms with van der Waals surface area (Å²) in [6.07, 6.45) is 7.59. The lowest BCUT2D eigenvalue weighted by atomic mass is 9.48. The van der Waals surface area contributed by atoms with Gasteiger partial charge in [0, 0.05) is 12.6 Å². The van der Waals surface area contributed by atoms with Crippen LogP contribution in [0.25, 0.3) is 0 Å². The molecule has 0 atom stereocenters. The predicted molar refractivity (Wildman–Crippen MR) is 258 cm³/mol. The molecule has 0 N–H and O–H groups in total. The van der Waals surface area contributed by atoms with Crippen LogP contribution in [0.5, 0.6) is 57.5 Å². The van der Waals surface area contributed by atoms with E-state index in [2.05, 4.69) is 25.1 Å².